The van der Waals surface area contributed by atoms with Gasteiger partial charge in [0.15, 0.2) is 0 Å². The largest absolute Gasteiger partial charge is 0.491 e. The number of aliphatic hydroxyl groups is 1. The normalized spacial score (nSPS) is 11.8. The number of fused-ring (bicyclic) bond motifs is 1. The molecule has 216 valence electrons. The Bertz CT molecular complexity index is 1920. The van der Waals surface area contributed by atoms with Crippen LogP contribution in [0.2, 0.25) is 0 Å². The fraction of sp³-hybridized carbons (Fsp3) is 0.143. The number of hydrogen-bond acceptors (Lipinski definition) is 2. The van der Waals surface area contributed by atoms with Crippen LogP contribution in [0.5, 0.6) is 5.75 Å². The van der Waals surface area contributed by atoms with Crippen LogP contribution in [0.1, 0.15) is 59.2 Å². The molecule has 5 aromatic rings. The third kappa shape index (κ3) is 7.02. The van der Waals surface area contributed by atoms with Crippen molar-refractivity contribution in [3.05, 3.63) is 149 Å². The van der Waals surface area contributed by atoms with E-state index in [1.165, 1.54) is 11.1 Å². The smallest absolute Gasteiger partial charge is 0.119 e. The summed E-state index contributed by atoms with van der Waals surface area (Å²) in [4.78, 5) is 0. The van der Waals surface area contributed by atoms with Crippen LogP contribution in [0.4, 0.5) is 0 Å². The first-order valence-electron chi connectivity index (χ1n) is 14.9. The third-order valence-electron chi connectivity index (χ3n) is 7.50. The molecule has 2 heteroatoms. The lowest BCUT2D eigenvalue weighted by Crippen LogP contribution is -2.18. The van der Waals surface area contributed by atoms with E-state index in [-0.39, 0.29) is 6.10 Å². The van der Waals surface area contributed by atoms with E-state index in [0.717, 1.165) is 55.5 Å². The summed E-state index contributed by atoms with van der Waals surface area (Å²) in [6, 6.07) is 32.9. The Balaban J connectivity index is 1.49. The zero-order valence-electron chi connectivity index (χ0n) is 25.5. The predicted molar refractivity (Wildman–Crippen MR) is 186 cm³/mol. The maximum atomic E-state index is 9.61. The average Bonchev–Trinajstić information content (AvgIpc) is 3.03. The topological polar surface area (TPSA) is 29.5 Å². The maximum Gasteiger partial charge on any atom is 0.119 e. The predicted octanol–water partition coefficient (Wildman–Crippen LogP) is 9.44. The van der Waals surface area contributed by atoms with Gasteiger partial charge in [0.1, 0.15) is 5.75 Å². The fourth-order valence-corrected chi connectivity index (χ4v) is 5.31. The first kappa shape index (κ1) is 30.2. The van der Waals surface area contributed by atoms with Crippen LogP contribution >= 0.6 is 0 Å². The Morgan fingerprint density at radius 1 is 0.659 bits per heavy atom. The Morgan fingerprint density at radius 3 is 1.57 bits per heavy atom. The van der Waals surface area contributed by atoms with Crippen molar-refractivity contribution in [1.29, 1.82) is 0 Å². The molecular weight excluding hydrogens is 536 g/mol. The van der Waals surface area contributed by atoms with Crippen molar-refractivity contribution in [3.8, 4) is 40.6 Å². The minimum atomic E-state index is -0.405. The van der Waals surface area contributed by atoms with Gasteiger partial charge in [-0.15, -0.1) is 0 Å². The van der Waals surface area contributed by atoms with Crippen molar-refractivity contribution in [1.82, 2.24) is 0 Å². The molecule has 2 atom stereocenters. The van der Waals surface area contributed by atoms with E-state index in [1.807, 2.05) is 55.5 Å². The number of benzene rings is 5. The van der Waals surface area contributed by atoms with Crippen molar-refractivity contribution >= 4 is 22.9 Å². The van der Waals surface area contributed by atoms with Crippen LogP contribution in [-0.4, -0.2) is 17.3 Å². The van der Waals surface area contributed by atoms with Gasteiger partial charge in [0.25, 0.3) is 0 Å². The highest BCUT2D eigenvalue weighted by atomic mass is 16.5. The second-order valence-corrected chi connectivity index (χ2v) is 11.0. The van der Waals surface area contributed by atoms with Gasteiger partial charge in [-0.25, -0.2) is 0 Å². The van der Waals surface area contributed by atoms with Gasteiger partial charge in [0, 0.05) is 28.7 Å². The van der Waals surface area contributed by atoms with Crippen LogP contribution < -0.4 is 4.74 Å². The fourth-order valence-electron chi connectivity index (χ4n) is 5.31. The summed E-state index contributed by atoms with van der Waals surface area (Å²) in [5, 5.41) is 11.7. The van der Waals surface area contributed by atoms with E-state index >= 15 is 0 Å². The number of rotatable bonds is 7. The van der Waals surface area contributed by atoms with Gasteiger partial charge in [0.05, 0.1) is 12.2 Å². The minimum absolute atomic E-state index is 0.0783. The minimum Gasteiger partial charge on any atom is -0.491 e. The molecule has 2 nitrogen and oxygen atoms in total. The number of ether oxygens (including phenoxy) is 1. The molecule has 0 saturated carbocycles. The molecule has 0 bridgehead atoms. The SMILES string of the molecule is C=Cc1c(C=C)c(C#Cc2ccc(-c3ccc(C)cc3)cc2)c2ccccc2c1C#Cc1ccc(OC(C)CC(C)O)cc1. The quantitative estimate of drug-likeness (QED) is 0.197. The molecule has 0 radical (unpaired) electrons. The van der Waals surface area contributed by atoms with Gasteiger partial charge in [-0.2, -0.15) is 0 Å². The molecule has 0 fully saturated rings. The third-order valence-corrected chi connectivity index (χ3v) is 7.50. The lowest BCUT2D eigenvalue weighted by Gasteiger charge is -2.16. The summed E-state index contributed by atoms with van der Waals surface area (Å²) in [5.41, 5.74) is 9.05. The van der Waals surface area contributed by atoms with Crippen molar-refractivity contribution in [2.75, 3.05) is 0 Å². The first-order valence-corrected chi connectivity index (χ1v) is 14.9. The van der Waals surface area contributed by atoms with Crippen molar-refractivity contribution in [2.24, 2.45) is 0 Å². The van der Waals surface area contributed by atoms with Crippen molar-refractivity contribution < 1.29 is 9.84 Å². The zero-order valence-corrected chi connectivity index (χ0v) is 25.5. The summed E-state index contributed by atoms with van der Waals surface area (Å²) in [6.07, 6.45) is 3.78. The van der Waals surface area contributed by atoms with E-state index < -0.39 is 6.10 Å². The lowest BCUT2D eigenvalue weighted by molar-refractivity contribution is 0.115. The molecule has 0 aromatic heterocycles. The Hall–Kier alpha value is -5.28. The van der Waals surface area contributed by atoms with E-state index in [9.17, 15) is 5.11 Å². The number of aliphatic hydroxyl groups excluding tert-OH is 1. The molecule has 5 aromatic carbocycles. The Morgan fingerprint density at radius 2 is 1.11 bits per heavy atom. The molecule has 0 aliphatic heterocycles. The molecule has 0 spiro atoms. The van der Waals surface area contributed by atoms with Gasteiger partial charge in [-0.1, -0.05) is 115 Å². The van der Waals surface area contributed by atoms with Gasteiger partial charge in [0.2, 0.25) is 0 Å². The monoisotopic (exact) mass is 572 g/mol. The maximum absolute atomic E-state index is 9.61. The van der Waals surface area contributed by atoms with Crippen LogP contribution in [0.3, 0.4) is 0 Å². The highest BCUT2D eigenvalue weighted by Gasteiger charge is 2.14. The Labute approximate surface area is 261 Å². The van der Waals surface area contributed by atoms with Crippen LogP contribution in [-0.2, 0) is 0 Å². The summed E-state index contributed by atoms with van der Waals surface area (Å²) in [7, 11) is 0. The summed E-state index contributed by atoms with van der Waals surface area (Å²) < 4.78 is 5.92. The van der Waals surface area contributed by atoms with Crippen LogP contribution in [0.15, 0.2) is 110 Å². The highest BCUT2D eigenvalue weighted by Crippen LogP contribution is 2.32. The molecule has 0 aliphatic carbocycles. The van der Waals surface area contributed by atoms with Gasteiger partial charge in [-0.05, 0) is 90.2 Å². The molecule has 1 N–H and O–H groups in total. The number of hydrogen-bond donors (Lipinski definition) is 1. The summed E-state index contributed by atoms with van der Waals surface area (Å²) in [6.45, 7) is 14.1. The molecule has 0 saturated heterocycles. The van der Waals surface area contributed by atoms with E-state index in [2.05, 4.69) is 104 Å². The average molecular weight is 573 g/mol. The van der Waals surface area contributed by atoms with Crippen molar-refractivity contribution in [2.45, 2.75) is 39.4 Å². The second kappa shape index (κ2) is 13.8. The van der Waals surface area contributed by atoms with Crippen molar-refractivity contribution in [3.63, 3.8) is 0 Å². The molecule has 0 heterocycles. The number of aryl methyl sites for hydroxylation is 1. The zero-order chi connectivity index (χ0) is 31.1. The highest BCUT2D eigenvalue weighted by molar-refractivity contribution is 5.99. The molecule has 44 heavy (non-hydrogen) atoms. The lowest BCUT2D eigenvalue weighted by atomic mass is 9.89. The molecule has 2 unspecified atom stereocenters. The molecular formula is C42H36O2. The van der Waals surface area contributed by atoms with Crippen LogP contribution in [0, 0.1) is 30.6 Å². The van der Waals surface area contributed by atoms with E-state index in [1.54, 1.807) is 6.92 Å². The summed E-state index contributed by atoms with van der Waals surface area (Å²) >= 11 is 0. The molecule has 5 rings (SSSR count). The first-order chi connectivity index (χ1) is 21.4. The standard InChI is InChI=1S/C42H36O2/c1-6-37-38(7-2)42(27-19-33-16-24-36(25-17-33)44-31(5)28-30(4)43)40-11-9-8-10-39(40)41(37)26-18-32-14-22-35(23-15-32)34-20-12-29(3)13-21-34/h6-17,20-25,30-31,43H,1-2,28H2,3-5H3. The van der Waals surface area contributed by atoms with E-state index in [0.29, 0.717) is 6.42 Å². The second-order valence-electron chi connectivity index (χ2n) is 11.0. The van der Waals surface area contributed by atoms with Gasteiger partial charge >= 0.3 is 0 Å². The van der Waals surface area contributed by atoms with Gasteiger partial charge in [-0.3, -0.25) is 0 Å². The summed E-state index contributed by atoms with van der Waals surface area (Å²) in [5.74, 6) is 14.3. The van der Waals surface area contributed by atoms with Crippen LogP contribution in [0.25, 0.3) is 34.1 Å². The van der Waals surface area contributed by atoms with Gasteiger partial charge < -0.3 is 9.84 Å². The molecule has 0 amide bonds. The Kier molecular flexibility index (Phi) is 9.46. The molecule has 0 aliphatic rings. The van der Waals surface area contributed by atoms with E-state index in [4.69, 9.17) is 4.74 Å².